The van der Waals surface area contributed by atoms with E-state index in [2.05, 4.69) is 9.97 Å². The monoisotopic (exact) mass is 540 g/mol. The zero-order valence-electron chi connectivity index (χ0n) is 22.8. The van der Waals surface area contributed by atoms with Crippen LogP contribution in [0.1, 0.15) is 74.6 Å². The second kappa shape index (κ2) is 11.6. The Morgan fingerprint density at radius 2 is 1.55 bits per heavy atom. The Morgan fingerprint density at radius 1 is 0.900 bits per heavy atom. The molecule has 0 atom stereocenters. The van der Waals surface area contributed by atoms with Crippen LogP contribution < -0.4 is 11.2 Å². The van der Waals surface area contributed by atoms with Crippen molar-refractivity contribution in [3.8, 4) is 11.4 Å². The lowest BCUT2D eigenvalue weighted by atomic mass is 9.89. The van der Waals surface area contributed by atoms with Gasteiger partial charge in [0.1, 0.15) is 17.8 Å². The highest BCUT2D eigenvalue weighted by atomic mass is 16.2. The quantitative estimate of drug-likeness (QED) is 0.322. The van der Waals surface area contributed by atoms with Gasteiger partial charge in [-0.2, -0.15) is 0 Å². The molecule has 0 unspecified atom stereocenters. The number of aromatic amines is 1. The molecule has 0 bridgehead atoms. The summed E-state index contributed by atoms with van der Waals surface area (Å²) in [6, 6.07) is 7.61. The minimum atomic E-state index is -0.300. The molecule has 3 heterocycles. The number of nitrogens with one attached hydrogen (secondary N) is 1. The smallest absolute Gasteiger partial charge is 0.324 e. The predicted molar refractivity (Wildman–Crippen MR) is 155 cm³/mol. The van der Waals surface area contributed by atoms with Crippen LogP contribution in [0.2, 0.25) is 0 Å². The molecule has 40 heavy (non-hydrogen) atoms. The number of fused-ring (bicyclic) bond motifs is 1. The van der Waals surface area contributed by atoms with Crippen molar-refractivity contribution in [2.24, 2.45) is 11.8 Å². The number of H-pyrrole nitrogens is 1. The van der Waals surface area contributed by atoms with Crippen LogP contribution in [0.3, 0.4) is 0 Å². The third kappa shape index (κ3) is 5.50. The molecule has 1 aromatic carbocycles. The van der Waals surface area contributed by atoms with Gasteiger partial charge < -0.3 is 4.98 Å². The number of hydrogen-bond donors (Lipinski definition) is 1. The van der Waals surface area contributed by atoms with Gasteiger partial charge in [-0.3, -0.25) is 23.3 Å². The van der Waals surface area contributed by atoms with Crippen LogP contribution in [0.5, 0.6) is 0 Å². The molecule has 2 aliphatic rings. The van der Waals surface area contributed by atoms with Crippen molar-refractivity contribution in [1.82, 2.24) is 28.7 Å². The Balaban J connectivity index is 1.33. The Labute approximate surface area is 232 Å². The number of benzene rings is 1. The highest BCUT2D eigenvalue weighted by molar-refractivity contribution is 5.93. The van der Waals surface area contributed by atoms with Crippen LogP contribution in [-0.4, -0.2) is 34.6 Å². The van der Waals surface area contributed by atoms with Crippen molar-refractivity contribution in [3.63, 3.8) is 0 Å². The van der Waals surface area contributed by atoms with E-state index in [-0.39, 0.29) is 17.2 Å². The zero-order valence-corrected chi connectivity index (χ0v) is 22.8. The van der Waals surface area contributed by atoms with E-state index in [1.165, 1.54) is 47.2 Å². The summed E-state index contributed by atoms with van der Waals surface area (Å²) in [5.41, 5.74) is 2.00. The first kappa shape index (κ1) is 26.2. The molecule has 9 nitrogen and oxygen atoms in total. The van der Waals surface area contributed by atoms with Crippen molar-refractivity contribution < 1.29 is 4.79 Å². The van der Waals surface area contributed by atoms with E-state index >= 15 is 0 Å². The number of imidazole rings is 2. The normalized spacial score (nSPS) is 17.2. The first-order valence-corrected chi connectivity index (χ1v) is 14.6. The van der Waals surface area contributed by atoms with Gasteiger partial charge in [-0.25, -0.2) is 14.8 Å². The topological polar surface area (TPSA) is 108 Å². The van der Waals surface area contributed by atoms with Crippen molar-refractivity contribution in [2.45, 2.75) is 77.3 Å². The van der Waals surface area contributed by atoms with E-state index in [0.717, 1.165) is 49.7 Å². The fourth-order valence-electron chi connectivity index (χ4n) is 6.28. The summed E-state index contributed by atoms with van der Waals surface area (Å²) in [4.78, 5) is 51.6. The molecule has 4 aromatic rings. The van der Waals surface area contributed by atoms with Gasteiger partial charge in [0, 0.05) is 37.1 Å². The highest BCUT2D eigenvalue weighted by Gasteiger charge is 2.24. The van der Waals surface area contributed by atoms with Crippen LogP contribution in [0.25, 0.3) is 28.6 Å². The zero-order chi connectivity index (χ0) is 27.5. The Hall–Kier alpha value is -4.01. The summed E-state index contributed by atoms with van der Waals surface area (Å²) in [5.74, 6) is 1.17. The summed E-state index contributed by atoms with van der Waals surface area (Å²) in [6.45, 7) is 1.08. The van der Waals surface area contributed by atoms with E-state index in [1.807, 2.05) is 24.3 Å². The Bertz CT molecular complexity index is 1610. The summed E-state index contributed by atoms with van der Waals surface area (Å²) in [5, 5.41) is 0. The number of rotatable bonds is 7. The molecule has 2 saturated carbocycles. The molecule has 208 valence electrons. The van der Waals surface area contributed by atoms with Gasteiger partial charge in [-0.1, -0.05) is 62.8 Å². The number of carbonyl (C=O) groups excluding carboxylic acids is 1. The molecule has 2 aliphatic carbocycles. The average molecular weight is 541 g/mol. The summed E-state index contributed by atoms with van der Waals surface area (Å²) in [7, 11) is 0. The van der Waals surface area contributed by atoms with Gasteiger partial charge in [-0.15, -0.1) is 0 Å². The summed E-state index contributed by atoms with van der Waals surface area (Å²) < 4.78 is 4.65. The summed E-state index contributed by atoms with van der Waals surface area (Å²) in [6.07, 6.45) is 19.4. The number of allylic oxidation sites excluding steroid dienone is 1. The van der Waals surface area contributed by atoms with E-state index in [4.69, 9.17) is 4.98 Å². The molecule has 6 rings (SSSR count). The number of nitrogens with zero attached hydrogens (tertiary/aromatic N) is 5. The molecule has 0 saturated heterocycles. The molecule has 0 aliphatic heterocycles. The largest absolute Gasteiger partial charge is 0.332 e. The molecule has 9 heteroatoms. The third-order valence-electron chi connectivity index (χ3n) is 8.56. The first-order valence-electron chi connectivity index (χ1n) is 14.6. The van der Waals surface area contributed by atoms with Crippen LogP contribution in [0, 0.1) is 11.8 Å². The maximum Gasteiger partial charge on any atom is 0.332 e. The fraction of sp³-hybridized carbons (Fsp3) is 0.452. The maximum absolute atomic E-state index is 13.8. The third-order valence-corrected chi connectivity index (χ3v) is 8.56. The van der Waals surface area contributed by atoms with Gasteiger partial charge >= 0.3 is 5.69 Å². The molecule has 0 radical (unpaired) electrons. The number of carbonyl (C=O) groups is 1. The Morgan fingerprint density at radius 3 is 2.17 bits per heavy atom. The summed E-state index contributed by atoms with van der Waals surface area (Å²) >= 11 is 0. The van der Waals surface area contributed by atoms with Gasteiger partial charge in [0.25, 0.3) is 11.5 Å². The van der Waals surface area contributed by atoms with Gasteiger partial charge in [0.15, 0.2) is 5.52 Å². The number of hydrogen-bond acceptors (Lipinski definition) is 5. The van der Waals surface area contributed by atoms with Gasteiger partial charge in [-0.05, 0) is 49.2 Å². The predicted octanol–water partition coefficient (Wildman–Crippen LogP) is 5.26. The standard InChI is InChI=1S/C31H36N6O3/c38-26(35-18-17-32-21-35)16-13-22-11-14-25(15-12-22)28-33-27-29(34-28)36(19-23-7-3-1-4-8-23)31(40)37(30(27)39)20-24-9-5-2-6-10-24/h11-18,21,23-24H,1-10,19-20H2,(H,33,34)/b16-13+. The van der Waals surface area contributed by atoms with Crippen molar-refractivity contribution in [3.05, 3.63) is 75.5 Å². The van der Waals surface area contributed by atoms with E-state index in [1.54, 1.807) is 23.0 Å². The van der Waals surface area contributed by atoms with Crippen LogP contribution in [-0.2, 0) is 13.1 Å². The lowest BCUT2D eigenvalue weighted by Crippen LogP contribution is -2.42. The molecule has 2 fully saturated rings. The Kier molecular flexibility index (Phi) is 7.62. The number of aromatic nitrogens is 6. The molecular weight excluding hydrogens is 504 g/mol. The SMILES string of the molecule is O=C(/C=C/c1ccc(-c2nc3c(=O)n(CC4CCCCC4)c(=O)n(CC4CCCCC4)c3[nH]2)cc1)n1ccnc1. The molecule has 1 N–H and O–H groups in total. The minimum absolute atomic E-state index is 0.181. The van der Waals surface area contributed by atoms with Gasteiger partial charge in [0.05, 0.1) is 0 Å². The van der Waals surface area contributed by atoms with Crippen LogP contribution in [0.4, 0.5) is 0 Å². The van der Waals surface area contributed by atoms with E-state index in [9.17, 15) is 14.4 Å². The molecule has 0 spiro atoms. The lowest BCUT2D eigenvalue weighted by Gasteiger charge is -2.24. The minimum Gasteiger partial charge on any atom is -0.324 e. The molecule has 3 aromatic heterocycles. The van der Waals surface area contributed by atoms with Gasteiger partial charge in [0.2, 0.25) is 0 Å². The maximum atomic E-state index is 13.8. The fourth-order valence-corrected chi connectivity index (χ4v) is 6.28. The van der Waals surface area contributed by atoms with Crippen molar-refractivity contribution in [1.29, 1.82) is 0 Å². The van der Waals surface area contributed by atoms with E-state index in [0.29, 0.717) is 41.9 Å². The first-order chi connectivity index (χ1) is 19.6. The average Bonchev–Trinajstić information content (AvgIpc) is 3.69. The van der Waals surface area contributed by atoms with Crippen molar-refractivity contribution >= 4 is 23.1 Å². The lowest BCUT2D eigenvalue weighted by molar-refractivity contribution is 0.0969. The van der Waals surface area contributed by atoms with E-state index < -0.39 is 0 Å². The van der Waals surface area contributed by atoms with Crippen LogP contribution in [0.15, 0.2) is 58.7 Å². The highest BCUT2D eigenvalue weighted by Crippen LogP contribution is 2.27. The van der Waals surface area contributed by atoms with Crippen molar-refractivity contribution in [2.75, 3.05) is 0 Å². The second-order valence-corrected chi connectivity index (χ2v) is 11.4. The molecule has 0 amide bonds. The molecular formula is C31H36N6O3. The second-order valence-electron chi connectivity index (χ2n) is 11.4. The van der Waals surface area contributed by atoms with Crippen LogP contribution >= 0.6 is 0 Å².